The van der Waals surface area contributed by atoms with E-state index in [-0.39, 0.29) is 5.91 Å². The van der Waals surface area contributed by atoms with E-state index >= 15 is 0 Å². The number of thiazole rings is 1. The predicted molar refractivity (Wildman–Crippen MR) is 136 cm³/mol. The molecule has 0 unspecified atom stereocenters. The van der Waals surface area contributed by atoms with Gasteiger partial charge in [0.05, 0.1) is 15.2 Å². The Morgan fingerprint density at radius 2 is 1.79 bits per heavy atom. The molecule has 1 amide bonds. The van der Waals surface area contributed by atoms with E-state index < -0.39 is 0 Å². The molecular formula is C25H27ClN4O2S. The van der Waals surface area contributed by atoms with E-state index in [1.165, 1.54) is 0 Å². The fourth-order valence-corrected chi connectivity index (χ4v) is 5.15. The van der Waals surface area contributed by atoms with Crippen molar-refractivity contribution in [2.75, 3.05) is 32.1 Å². The maximum atomic E-state index is 14.0. The van der Waals surface area contributed by atoms with E-state index in [0.29, 0.717) is 39.3 Å². The van der Waals surface area contributed by atoms with E-state index in [9.17, 15) is 4.79 Å². The van der Waals surface area contributed by atoms with Gasteiger partial charge >= 0.3 is 0 Å². The number of nitrogens with zero attached hydrogens (tertiary/aromatic N) is 4. The average molecular weight is 483 g/mol. The molecule has 0 fully saturated rings. The number of halogens is 1. The van der Waals surface area contributed by atoms with Gasteiger partial charge in [0.25, 0.3) is 5.91 Å². The molecule has 0 bridgehead atoms. The number of benzene rings is 2. The van der Waals surface area contributed by atoms with Crippen molar-refractivity contribution in [3.05, 3.63) is 63.9 Å². The van der Waals surface area contributed by atoms with E-state index in [0.717, 1.165) is 34.3 Å². The number of aromatic nitrogens is 2. The number of amides is 1. The molecule has 0 N–H and O–H groups in total. The Morgan fingerprint density at radius 1 is 1.06 bits per heavy atom. The first-order valence-electron chi connectivity index (χ1n) is 10.8. The van der Waals surface area contributed by atoms with Crippen LogP contribution in [0.3, 0.4) is 0 Å². The molecule has 8 heteroatoms. The number of fused-ring (bicyclic) bond motifs is 1. The van der Waals surface area contributed by atoms with Gasteiger partial charge in [-0.05, 0) is 65.0 Å². The molecule has 0 aliphatic heterocycles. The third kappa shape index (κ3) is 4.67. The topological polar surface area (TPSA) is 62.5 Å². The minimum absolute atomic E-state index is 0.184. The Morgan fingerprint density at radius 3 is 2.48 bits per heavy atom. The van der Waals surface area contributed by atoms with Crippen molar-refractivity contribution in [1.82, 2.24) is 15.0 Å². The lowest BCUT2D eigenvalue weighted by atomic mass is 10.1. The smallest absolute Gasteiger partial charge is 0.265 e. The average Bonchev–Trinajstić information content (AvgIpc) is 3.39. The molecule has 4 rings (SSSR count). The summed E-state index contributed by atoms with van der Waals surface area (Å²) in [7, 11) is 4.05. The van der Waals surface area contributed by atoms with Gasteiger partial charge in [-0.1, -0.05) is 58.4 Å². The zero-order valence-corrected chi connectivity index (χ0v) is 21.0. The molecule has 33 heavy (non-hydrogen) atoms. The van der Waals surface area contributed by atoms with Crippen molar-refractivity contribution in [1.29, 1.82) is 0 Å². The molecule has 2 heterocycles. The van der Waals surface area contributed by atoms with E-state index in [2.05, 4.69) is 29.1 Å². The summed E-state index contributed by atoms with van der Waals surface area (Å²) in [4.78, 5) is 22.7. The van der Waals surface area contributed by atoms with Crippen molar-refractivity contribution < 1.29 is 9.32 Å². The summed E-state index contributed by atoms with van der Waals surface area (Å²) in [5, 5.41) is 5.39. The summed E-state index contributed by atoms with van der Waals surface area (Å²) in [6.07, 6.45) is 0.804. The molecule has 4 aromatic rings. The second-order valence-corrected chi connectivity index (χ2v) is 9.81. The van der Waals surface area contributed by atoms with Crippen molar-refractivity contribution in [3.63, 3.8) is 0 Å². The SMILES string of the molecule is Cc1onc(-c2ccccc2Cl)c1C(=O)N(CCCN(C)C)c1nc2c(C)ccc(C)c2s1. The number of hydrogen-bond donors (Lipinski definition) is 0. The molecule has 0 aliphatic rings. The monoisotopic (exact) mass is 482 g/mol. The Hall–Kier alpha value is -2.74. The van der Waals surface area contributed by atoms with Gasteiger partial charge in [-0.3, -0.25) is 9.69 Å². The van der Waals surface area contributed by atoms with Crippen LogP contribution in [0.25, 0.3) is 21.5 Å². The lowest BCUT2D eigenvalue weighted by molar-refractivity contribution is 0.0985. The van der Waals surface area contributed by atoms with Crippen LogP contribution in [0.15, 0.2) is 40.9 Å². The highest BCUT2D eigenvalue weighted by atomic mass is 35.5. The van der Waals surface area contributed by atoms with Gasteiger partial charge in [0.2, 0.25) is 0 Å². The van der Waals surface area contributed by atoms with Crippen LogP contribution in [0.4, 0.5) is 5.13 Å². The molecule has 172 valence electrons. The predicted octanol–water partition coefficient (Wildman–Crippen LogP) is 6.13. The largest absolute Gasteiger partial charge is 0.360 e. The van der Waals surface area contributed by atoms with Crippen LogP contribution in [-0.4, -0.2) is 48.1 Å². The number of aryl methyl sites for hydroxylation is 3. The molecule has 0 saturated carbocycles. The summed E-state index contributed by atoms with van der Waals surface area (Å²) in [5.41, 5.74) is 4.72. The van der Waals surface area contributed by atoms with Crippen LogP contribution in [0.5, 0.6) is 0 Å². The first-order valence-corrected chi connectivity index (χ1v) is 12.0. The quantitative estimate of drug-likeness (QED) is 0.317. The van der Waals surface area contributed by atoms with Crippen LogP contribution >= 0.6 is 22.9 Å². The summed E-state index contributed by atoms with van der Waals surface area (Å²) >= 11 is 7.97. The van der Waals surface area contributed by atoms with E-state index in [1.807, 2.05) is 39.2 Å². The van der Waals surface area contributed by atoms with Gasteiger partial charge in [0.15, 0.2) is 5.13 Å². The van der Waals surface area contributed by atoms with Crippen LogP contribution in [0.1, 0.15) is 33.7 Å². The first-order chi connectivity index (χ1) is 15.8. The zero-order chi connectivity index (χ0) is 23.7. The lowest BCUT2D eigenvalue weighted by Crippen LogP contribution is -2.34. The van der Waals surface area contributed by atoms with Gasteiger partial charge < -0.3 is 9.42 Å². The molecule has 0 saturated heterocycles. The van der Waals surface area contributed by atoms with E-state index in [4.69, 9.17) is 21.1 Å². The third-order valence-electron chi connectivity index (χ3n) is 5.60. The van der Waals surface area contributed by atoms with Gasteiger partial charge in [-0.15, -0.1) is 0 Å². The number of anilines is 1. The normalized spacial score (nSPS) is 11.5. The molecule has 2 aromatic heterocycles. The highest BCUT2D eigenvalue weighted by molar-refractivity contribution is 7.22. The number of carbonyl (C=O) groups is 1. The zero-order valence-electron chi connectivity index (χ0n) is 19.5. The fraction of sp³-hybridized carbons (Fsp3) is 0.320. The standard InChI is InChI=1S/C25H27ClN4O2S/c1-15-11-12-16(2)23-21(15)27-25(33-23)30(14-8-13-29(4)5)24(31)20-17(3)32-28-22(20)18-9-6-7-10-19(18)26/h6-7,9-12H,8,13-14H2,1-5H3. The summed E-state index contributed by atoms with van der Waals surface area (Å²) in [5.74, 6) is 0.276. The Labute approximate surface area is 202 Å². The molecule has 0 spiro atoms. The Bertz CT molecular complexity index is 1270. The summed E-state index contributed by atoms with van der Waals surface area (Å²) in [6, 6.07) is 11.5. The molecule has 0 aliphatic carbocycles. The van der Waals surface area contributed by atoms with Crippen LogP contribution < -0.4 is 4.90 Å². The molecule has 6 nitrogen and oxygen atoms in total. The Kier molecular flexibility index (Phi) is 6.83. The molecule has 0 atom stereocenters. The van der Waals surface area contributed by atoms with Crippen LogP contribution in [0.2, 0.25) is 5.02 Å². The Balaban J connectivity index is 1.80. The van der Waals surface area contributed by atoms with Crippen molar-refractivity contribution >= 4 is 44.2 Å². The number of carbonyl (C=O) groups excluding carboxylic acids is 1. The highest BCUT2D eigenvalue weighted by Gasteiger charge is 2.29. The van der Waals surface area contributed by atoms with E-state index in [1.54, 1.807) is 29.2 Å². The van der Waals surface area contributed by atoms with Crippen molar-refractivity contribution in [2.24, 2.45) is 0 Å². The van der Waals surface area contributed by atoms with Gasteiger partial charge in [-0.25, -0.2) is 4.98 Å². The highest BCUT2D eigenvalue weighted by Crippen LogP contribution is 2.36. The molecular weight excluding hydrogens is 456 g/mol. The second kappa shape index (κ2) is 9.63. The van der Waals surface area contributed by atoms with Gasteiger partial charge in [0, 0.05) is 12.1 Å². The van der Waals surface area contributed by atoms with Crippen LogP contribution in [-0.2, 0) is 0 Å². The summed E-state index contributed by atoms with van der Waals surface area (Å²) in [6.45, 7) is 7.25. The molecule has 0 radical (unpaired) electrons. The van der Waals surface area contributed by atoms with Crippen LogP contribution in [0, 0.1) is 20.8 Å². The maximum Gasteiger partial charge on any atom is 0.265 e. The number of rotatable bonds is 7. The van der Waals surface area contributed by atoms with Crippen molar-refractivity contribution in [3.8, 4) is 11.3 Å². The molecule has 2 aromatic carbocycles. The van der Waals surface area contributed by atoms with Crippen molar-refractivity contribution in [2.45, 2.75) is 27.2 Å². The minimum Gasteiger partial charge on any atom is -0.360 e. The van der Waals surface area contributed by atoms with Gasteiger partial charge in [-0.2, -0.15) is 0 Å². The second-order valence-electron chi connectivity index (χ2n) is 8.43. The first kappa shape index (κ1) is 23.4. The summed E-state index contributed by atoms with van der Waals surface area (Å²) < 4.78 is 6.57. The fourth-order valence-electron chi connectivity index (χ4n) is 3.79. The lowest BCUT2D eigenvalue weighted by Gasteiger charge is -2.21. The maximum absolute atomic E-state index is 14.0. The number of hydrogen-bond acceptors (Lipinski definition) is 6. The third-order valence-corrected chi connectivity index (χ3v) is 7.14. The van der Waals surface area contributed by atoms with Gasteiger partial charge in [0.1, 0.15) is 17.0 Å². The minimum atomic E-state index is -0.184.